The largest absolute Gasteiger partial charge is 0.339 e. The third-order valence-corrected chi connectivity index (χ3v) is 4.26. The van der Waals surface area contributed by atoms with Gasteiger partial charge in [-0.1, -0.05) is 48.3 Å². The van der Waals surface area contributed by atoms with Crippen molar-refractivity contribution in [1.29, 1.82) is 0 Å². The minimum absolute atomic E-state index is 0.553. The van der Waals surface area contributed by atoms with Crippen LogP contribution < -0.4 is 5.32 Å². The summed E-state index contributed by atoms with van der Waals surface area (Å²) in [6.07, 6.45) is 2.65. The zero-order valence-corrected chi connectivity index (χ0v) is 14.3. The van der Waals surface area contributed by atoms with Crippen LogP contribution in [0.1, 0.15) is 23.7 Å². The number of benzene rings is 1. The van der Waals surface area contributed by atoms with Gasteiger partial charge < -0.3 is 5.32 Å². The van der Waals surface area contributed by atoms with Crippen LogP contribution in [0.15, 0.2) is 30.5 Å². The number of hydrogen-bond donors (Lipinski definition) is 1. The Morgan fingerprint density at radius 3 is 2.50 bits per heavy atom. The SMILES string of the molecule is CCc1nc2c(Cl)cc(Cl)cn2c1Nc1c(C)cccc1C. The number of anilines is 2. The molecular weight excluding hydrogens is 317 g/mol. The van der Waals surface area contributed by atoms with E-state index < -0.39 is 0 Å². The Morgan fingerprint density at radius 1 is 1.18 bits per heavy atom. The van der Waals surface area contributed by atoms with Gasteiger partial charge in [-0.2, -0.15) is 0 Å². The van der Waals surface area contributed by atoms with Gasteiger partial charge in [0.25, 0.3) is 0 Å². The second-order valence-electron chi connectivity index (χ2n) is 5.35. The van der Waals surface area contributed by atoms with Crippen LogP contribution in [0.3, 0.4) is 0 Å². The molecule has 3 aromatic rings. The maximum absolute atomic E-state index is 6.27. The predicted octanol–water partition coefficient (Wildman–Crippen LogP) is 5.56. The zero-order valence-electron chi connectivity index (χ0n) is 12.7. The molecule has 0 aliphatic carbocycles. The van der Waals surface area contributed by atoms with Crippen LogP contribution in [-0.2, 0) is 6.42 Å². The summed E-state index contributed by atoms with van der Waals surface area (Å²) in [6, 6.07) is 7.95. The Labute approximate surface area is 139 Å². The van der Waals surface area contributed by atoms with Crippen molar-refractivity contribution < 1.29 is 0 Å². The number of aromatic nitrogens is 2. The van der Waals surface area contributed by atoms with E-state index in [4.69, 9.17) is 23.2 Å². The minimum atomic E-state index is 0.553. The summed E-state index contributed by atoms with van der Waals surface area (Å²) in [5, 5.41) is 4.66. The van der Waals surface area contributed by atoms with E-state index in [0.29, 0.717) is 10.0 Å². The highest BCUT2D eigenvalue weighted by Crippen LogP contribution is 2.31. The molecule has 1 aromatic carbocycles. The molecule has 0 fully saturated rings. The highest BCUT2D eigenvalue weighted by Gasteiger charge is 2.15. The molecule has 0 spiro atoms. The molecule has 3 nitrogen and oxygen atoms in total. The molecule has 0 saturated carbocycles. The Morgan fingerprint density at radius 2 is 1.86 bits per heavy atom. The topological polar surface area (TPSA) is 29.3 Å². The first-order valence-corrected chi connectivity index (χ1v) is 7.96. The number of para-hydroxylation sites is 1. The number of imidazole rings is 1. The van der Waals surface area contributed by atoms with E-state index in [1.807, 2.05) is 10.6 Å². The number of pyridine rings is 1. The van der Waals surface area contributed by atoms with Crippen LogP contribution in [0.4, 0.5) is 11.5 Å². The quantitative estimate of drug-likeness (QED) is 0.679. The van der Waals surface area contributed by atoms with Crippen molar-refractivity contribution in [3.8, 4) is 0 Å². The Bertz CT molecular complexity index is 832. The first-order valence-electron chi connectivity index (χ1n) is 7.20. The minimum Gasteiger partial charge on any atom is -0.339 e. The van der Waals surface area contributed by atoms with E-state index in [-0.39, 0.29) is 0 Å². The summed E-state index contributed by atoms with van der Waals surface area (Å²) < 4.78 is 1.93. The van der Waals surface area contributed by atoms with Gasteiger partial charge in [0.05, 0.1) is 15.7 Å². The normalized spacial score (nSPS) is 11.1. The second kappa shape index (κ2) is 5.82. The molecule has 2 heterocycles. The maximum atomic E-state index is 6.27. The molecule has 0 amide bonds. The van der Waals surface area contributed by atoms with Crippen molar-refractivity contribution in [2.45, 2.75) is 27.2 Å². The molecule has 114 valence electrons. The number of halogens is 2. The van der Waals surface area contributed by atoms with Crippen molar-refractivity contribution in [2.75, 3.05) is 5.32 Å². The Hall–Kier alpha value is -1.71. The lowest BCUT2D eigenvalue weighted by Crippen LogP contribution is -2.01. The van der Waals surface area contributed by atoms with Gasteiger partial charge in [0, 0.05) is 11.9 Å². The molecule has 0 aliphatic rings. The number of nitrogens with zero attached hydrogens (tertiary/aromatic N) is 2. The molecule has 2 aromatic heterocycles. The zero-order chi connectivity index (χ0) is 15.9. The number of hydrogen-bond acceptors (Lipinski definition) is 2. The van der Waals surface area contributed by atoms with Crippen LogP contribution in [0.25, 0.3) is 5.65 Å². The van der Waals surface area contributed by atoms with Crippen molar-refractivity contribution in [3.63, 3.8) is 0 Å². The summed E-state index contributed by atoms with van der Waals surface area (Å²) in [5.74, 6) is 0.916. The van der Waals surface area contributed by atoms with Gasteiger partial charge in [0.15, 0.2) is 5.65 Å². The van der Waals surface area contributed by atoms with Crippen molar-refractivity contribution in [1.82, 2.24) is 9.38 Å². The summed E-state index contributed by atoms with van der Waals surface area (Å²) in [5.41, 5.74) is 5.15. The number of aryl methyl sites for hydroxylation is 3. The van der Waals surface area contributed by atoms with E-state index in [2.05, 4.69) is 49.3 Å². The average Bonchev–Trinajstić information content (AvgIpc) is 2.81. The van der Waals surface area contributed by atoms with E-state index in [1.165, 1.54) is 11.1 Å². The molecule has 1 N–H and O–H groups in total. The lowest BCUT2D eigenvalue weighted by Gasteiger charge is -2.13. The highest BCUT2D eigenvalue weighted by atomic mass is 35.5. The number of nitrogens with one attached hydrogen (secondary N) is 1. The summed E-state index contributed by atoms with van der Waals surface area (Å²) in [7, 11) is 0. The first-order chi connectivity index (χ1) is 10.5. The Kier molecular flexibility index (Phi) is 4.02. The third-order valence-electron chi connectivity index (χ3n) is 3.77. The smallest absolute Gasteiger partial charge is 0.157 e. The van der Waals surface area contributed by atoms with Gasteiger partial charge in [-0.15, -0.1) is 0 Å². The van der Waals surface area contributed by atoms with E-state index >= 15 is 0 Å². The van der Waals surface area contributed by atoms with Crippen LogP contribution in [0, 0.1) is 13.8 Å². The maximum Gasteiger partial charge on any atom is 0.157 e. The summed E-state index contributed by atoms with van der Waals surface area (Å²) in [6.45, 7) is 6.25. The fourth-order valence-electron chi connectivity index (χ4n) is 2.63. The van der Waals surface area contributed by atoms with Crippen molar-refractivity contribution in [2.24, 2.45) is 0 Å². The third kappa shape index (κ3) is 2.55. The van der Waals surface area contributed by atoms with E-state index in [9.17, 15) is 0 Å². The molecule has 0 saturated heterocycles. The van der Waals surface area contributed by atoms with Crippen LogP contribution in [0.5, 0.6) is 0 Å². The first kappa shape index (κ1) is 15.2. The molecule has 5 heteroatoms. The molecule has 0 radical (unpaired) electrons. The number of fused-ring (bicyclic) bond motifs is 1. The summed E-state index contributed by atoms with van der Waals surface area (Å²) >= 11 is 12.4. The highest BCUT2D eigenvalue weighted by molar-refractivity contribution is 6.36. The fourth-order valence-corrected chi connectivity index (χ4v) is 3.14. The molecule has 22 heavy (non-hydrogen) atoms. The van der Waals surface area contributed by atoms with Gasteiger partial charge in [0.1, 0.15) is 5.82 Å². The second-order valence-corrected chi connectivity index (χ2v) is 6.20. The van der Waals surface area contributed by atoms with Crippen LogP contribution in [0.2, 0.25) is 10.0 Å². The van der Waals surface area contributed by atoms with Gasteiger partial charge in [-0.25, -0.2) is 4.98 Å². The van der Waals surface area contributed by atoms with Crippen LogP contribution >= 0.6 is 23.2 Å². The summed E-state index contributed by atoms with van der Waals surface area (Å²) in [4.78, 5) is 4.64. The van der Waals surface area contributed by atoms with Crippen LogP contribution in [-0.4, -0.2) is 9.38 Å². The predicted molar refractivity (Wildman–Crippen MR) is 93.8 cm³/mol. The van der Waals surface area contributed by atoms with Crippen molar-refractivity contribution in [3.05, 3.63) is 57.3 Å². The van der Waals surface area contributed by atoms with Gasteiger partial charge in [-0.05, 0) is 37.5 Å². The molecule has 3 rings (SSSR count). The van der Waals surface area contributed by atoms with Crippen molar-refractivity contribution >= 4 is 40.4 Å². The lowest BCUT2D eigenvalue weighted by atomic mass is 10.1. The molecule has 0 unspecified atom stereocenters. The monoisotopic (exact) mass is 333 g/mol. The Balaban J connectivity index is 2.21. The molecule has 0 aliphatic heterocycles. The number of rotatable bonds is 3. The molecule has 0 atom stereocenters. The van der Waals surface area contributed by atoms with Gasteiger partial charge in [0.2, 0.25) is 0 Å². The molecular formula is C17H17Cl2N3. The average molecular weight is 334 g/mol. The van der Waals surface area contributed by atoms with Gasteiger partial charge >= 0.3 is 0 Å². The fraction of sp³-hybridized carbons (Fsp3) is 0.235. The van der Waals surface area contributed by atoms with E-state index in [0.717, 1.165) is 29.3 Å². The molecule has 0 bridgehead atoms. The lowest BCUT2D eigenvalue weighted by molar-refractivity contribution is 1.07. The van der Waals surface area contributed by atoms with E-state index in [1.54, 1.807) is 6.07 Å². The van der Waals surface area contributed by atoms with Gasteiger partial charge in [-0.3, -0.25) is 4.40 Å². The standard InChI is InChI=1S/C17H17Cl2N3/c1-4-14-17(21-15-10(2)6-5-7-11(15)3)22-9-12(18)8-13(19)16(22)20-14/h5-9,21H,4H2,1-3H3.